The van der Waals surface area contributed by atoms with Crippen LogP contribution in [0.2, 0.25) is 0 Å². The molecule has 0 saturated carbocycles. The molecule has 1 N–H and O–H groups in total. The van der Waals surface area contributed by atoms with Gasteiger partial charge in [-0.05, 0) is 12.1 Å². The minimum atomic E-state index is -0.351. The summed E-state index contributed by atoms with van der Waals surface area (Å²) in [6.07, 6.45) is 2.24. The quantitative estimate of drug-likeness (QED) is 0.720. The molecule has 5 nitrogen and oxygen atoms in total. The maximum atomic E-state index is 11.3. The predicted molar refractivity (Wildman–Crippen MR) is 51.9 cm³/mol. The van der Waals surface area contributed by atoms with Gasteiger partial charge in [0.05, 0.1) is 6.54 Å². The number of likely N-dealkylation sites (N-methyl/N-ethyl adjacent to an activating group) is 1. The summed E-state index contributed by atoms with van der Waals surface area (Å²) in [7, 11) is 1.53. The molecule has 0 aliphatic rings. The fourth-order valence-electron chi connectivity index (χ4n) is 0.836. The van der Waals surface area contributed by atoms with Gasteiger partial charge in [-0.25, -0.2) is 9.78 Å². The van der Waals surface area contributed by atoms with E-state index >= 15 is 0 Å². The Kier molecular flexibility index (Phi) is 3.60. The molecular formula is C9H11N3O2. The summed E-state index contributed by atoms with van der Waals surface area (Å²) in [5.41, 5.74) is 0. The molecule has 0 bridgehead atoms. The summed E-state index contributed by atoms with van der Waals surface area (Å²) in [6.45, 7) is 0.0681. The van der Waals surface area contributed by atoms with Gasteiger partial charge in [-0.3, -0.25) is 5.32 Å². The van der Waals surface area contributed by atoms with Crippen LogP contribution in [-0.4, -0.2) is 35.8 Å². The van der Waals surface area contributed by atoms with Crippen LogP contribution in [0.4, 0.5) is 10.6 Å². The normalized spacial score (nSPS) is 9.21. The SMILES string of the molecule is CN(CC=O)C(=O)Nc1ccccn1. The Balaban J connectivity index is 2.53. The predicted octanol–water partition coefficient (Wildman–Crippen LogP) is 0.744. The lowest BCUT2D eigenvalue weighted by molar-refractivity contribution is -0.108. The fraction of sp³-hybridized carbons (Fsp3) is 0.222. The minimum Gasteiger partial charge on any atom is -0.321 e. The number of nitrogens with zero attached hydrogens (tertiary/aromatic N) is 2. The van der Waals surface area contributed by atoms with Gasteiger partial charge < -0.3 is 9.69 Å². The summed E-state index contributed by atoms with van der Waals surface area (Å²) in [5, 5.41) is 2.54. The van der Waals surface area contributed by atoms with E-state index in [4.69, 9.17) is 0 Å². The average Bonchev–Trinajstić information content (AvgIpc) is 2.19. The highest BCUT2D eigenvalue weighted by atomic mass is 16.2. The monoisotopic (exact) mass is 193 g/mol. The fourth-order valence-corrected chi connectivity index (χ4v) is 0.836. The summed E-state index contributed by atoms with van der Waals surface area (Å²) < 4.78 is 0. The first-order chi connectivity index (χ1) is 6.74. The maximum absolute atomic E-state index is 11.3. The van der Waals surface area contributed by atoms with Crippen molar-refractivity contribution in [1.29, 1.82) is 0 Å². The van der Waals surface area contributed by atoms with Crippen molar-refractivity contribution in [2.24, 2.45) is 0 Å². The molecule has 14 heavy (non-hydrogen) atoms. The number of urea groups is 1. The third-order valence-electron chi connectivity index (χ3n) is 1.59. The topological polar surface area (TPSA) is 62.3 Å². The van der Waals surface area contributed by atoms with Crippen molar-refractivity contribution >= 4 is 18.1 Å². The molecule has 1 heterocycles. The molecule has 0 saturated heterocycles. The lowest BCUT2D eigenvalue weighted by Gasteiger charge is -2.13. The number of pyridine rings is 1. The van der Waals surface area contributed by atoms with Crippen LogP contribution in [0.1, 0.15) is 0 Å². The lowest BCUT2D eigenvalue weighted by Crippen LogP contribution is -2.32. The van der Waals surface area contributed by atoms with Gasteiger partial charge in [0.1, 0.15) is 12.1 Å². The number of carbonyl (C=O) groups is 2. The second-order valence-corrected chi connectivity index (χ2v) is 2.69. The van der Waals surface area contributed by atoms with Crippen LogP contribution >= 0.6 is 0 Å². The standard InChI is InChI=1S/C9H11N3O2/c1-12(6-7-13)9(14)11-8-4-2-3-5-10-8/h2-5,7H,6H2,1H3,(H,10,11,14). The Morgan fingerprint density at radius 2 is 2.43 bits per heavy atom. The van der Waals surface area contributed by atoms with Crippen LogP contribution in [0.3, 0.4) is 0 Å². The van der Waals surface area contributed by atoms with E-state index in [1.54, 1.807) is 24.4 Å². The van der Waals surface area contributed by atoms with Crippen LogP contribution in [0.25, 0.3) is 0 Å². The van der Waals surface area contributed by atoms with Crippen molar-refractivity contribution in [3.05, 3.63) is 24.4 Å². The molecule has 1 aromatic rings. The van der Waals surface area contributed by atoms with Crippen LogP contribution in [-0.2, 0) is 4.79 Å². The van der Waals surface area contributed by atoms with E-state index in [1.807, 2.05) is 0 Å². The van der Waals surface area contributed by atoms with E-state index < -0.39 is 0 Å². The molecule has 0 spiro atoms. The molecule has 2 amide bonds. The van der Waals surface area contributed by atoms with Crippen LogP contribution in [0.5, 0.6) is 0 Å². The van der Waals surface area contributed by atoms with Gasteiger partial charge in [0.15, 0.2) is 0 Å². The number of amides is 2. The average molecular weight is 193 g/mol. The first-order valence-electron chi connectivity index (χ1n) is 4.11. The molecule has 1 aromatic heterocycles. The van der Waals surface area contributed by atoms with Crippen molar-refractivity contribution in [1.82, 2.24) is 9.88 Å². The van der Waals surface area contributed by atoms with E-state index in [9.17, 15) is 9.59 Å². The maximum Gasteiger partial charge on any atom is 0.323 e. The van der Waals surface area contributed by atoms with Crippen molar-refractivity contribution in [2.75, 3.05) is 18.9 Å². The first kappa shape index (κ1) is 10.2. The zero-order valence-corrected chi connectivity index (χ0v) is 7.80. The van der Waals surface area contributed by atoms with Crippen LogP contribution in [0, 0.1) is 0 Å². The Labute approximate surface area is 81.7 Å². The minimum absolute atomic E-state index is 0.0681. The van der Waals surface area contributed by atoms with Crippen molar-refractivity contribution in [2.45, 2.75) is 0 Å². The molecule has 0 radical (unpaired) electrons. The number of carbonyl (C=O) groups excluding carboxylic acids is 2. The molecule has 5 heteroatoms. The van der Waals surface area contributed by atoms with Gasteiger partial charge in [-0.2, -0.15) is 0 Å². The first-order valence-corrected chi connectivity index (χ1v) is 4.11. The van der Waals surface area contributed by atoms with Crippen molar-refractivity contribution in [3.8, 4) is 0 Å². The molecule has 0 aliphatic carbocycles. The summed E-state index contributed by atoms with van der Waals surface area (Å²) in [5.74, 6) is 0.468. The molecule has 0 aliphatic heterocycles. The Morgan fingerprint density at radius 1 is 1.64 bits per heavy atom. The largest absolute Gasteiger partial charge is 0.323 e. The zero-order chi connectivity index (χ0) is 10.4. The van der Waals surface area contributed by atoms with Gasteiger partial charge in [0, 0.05) is 13.2 Å². The highest BCUT2D eigenvalue weighted by molar-refractivity contribution is 5.89. The van der Waals surface area contributed by atoms with Crippen LogP contribution in [0.15, 0.2) is 24.4 Å². The number of hydrogen-bond donors (Lipinski definition) is 1. The molecule has 74 valence electrons. The number of aldehydes is 1. The van der Waals surface area contributed by atoms with Gasteiger partial charge >= 0.3 is 6.03 Å². The van der Waals surface area contributed by atoms with E-state index in [0.29, 0.717) is 12.1 Å². The summed E-state index contributed by atoms with van der Waals surface area (Å²) >= 11 is 0. The second-order valence-electron chi connectivity index (χ2n) is 2.69. The Morgan fingerprint density at radius 3 is 3.00 bits per heavy atom. The second kappa shape index (κ2) is 4.96. The highest BCUT2D eigenvalue weighted by Gasteiger charge is 2.07. The van der Waals surface area contributed by atoms with Crippen LogP contribution < -0.4 is 5.32 Å². The van der Waals surface area contributed by atoms with E-state index in [-0.39, 0.29) is 12.6 Å². The van der Waals surface area contributed by atoms with Crippen molar-refractivity contribution < 1.29 is 9.59 Å². The molecule has 0 aromatic carbocycles. The molecule has 0 unspecified atom stereocenters. The number of anilines is 1. The Bertz CT molecular complexity index is 313. The molecule has 1 rings (SSSR count). The number of aromatic nitrogens is 1. The van der Waals surface area contributed by atoms with E-state index in [1.165, 1.54) is 11.9 Å². The molecule has 0 fully saturated rings. The third-order valence-corrected chi connectivity index (χ3v) is 1.59. The number of rotatable bonds is 3. The summed E-state index contributed by atoms with van der Waals surface area (Å²) in [6, 6.07) is 4.84. The van der Waals surface area contributed by atoms with Gasteiger partial charge in [0.25, 0.3) is 0 Å². The zero-order valence-electron chi connectivity index (χ0n) is 7.80. The Hall–Kier alpha value is -1.91. The van der Waals surface area contributed by atoms with Gasteiger partial charge in [0.2, 0.25) is 0 Å². The third kappa shape index (κ3) is 2.85. The lowest BCUT2D eigenvalue weighted by atomic mass is 10.4. The number of nitrogens with one attached hydrogen (secondary N) is 1. The van der Waals surface area contributed by atoms with Gasteiger partial charge in [-0.1, -0.05) is 6.07 Å². The van der Waals surface area contributed by atoms with E-state index in [0.717, 1.165) is 0 Å². The molecular weight excluding hydrogens is 182 g/mol. The van der Waals surface area contributed by atoms with E-state index in [2.05, 4.69) is 10.3 Å². The summed E-state index contributed by atoms with van der Waals surface area (Å²) in [4.78, 5) is 26.6. The number of hydrogen-bond acceptors (Lipinski definition) is 3. The van der Waals surface area contributed by atoms with Crippen molar-refractivity contribution in [3.63, 3.8) is 0 Å². The molecule has 0 atom stereocenters. The smallest absolute Gasteiger partial charge is 0.321 e. The van der Waals surface area contributed by atoms with Gasteiger partial charge in [-0.15, -0.1) is 0 Å². The highest BCUT2D eigenvalue weighted by Crippen LogP contribution is 2.00.